The Hall–Kier alpha value is -2.25. The summed E-state index contributed by atoms with van der Waals surface area (Å²) >= 11 is 0. The number of anilines is 3. The van der Waals surface area contributed by atoms with Crippen LogP contribution in [0, 0.1) is 0 Å². The summed E-state index contributed by atoms with van der Waals surface area (Å²) in [5.74, 6) is 0.666. The van der Waals surface area contributed by atoms with Gasteiger partial charge in [-0.1, -0.05) is 12.1 Å². The Balaban J connectivity index is 2.38. The van der Waals surface area contributed by atoms with Crippen LogP contribution in [-0.4, -0.2) is 15.0 Å². The number of ether oxygens (including phenoxy) is 1. The molecule has 0 bridgehead atoms. The van der Waals surface area contributed by atoms with E-state index >= 15 is 0 Å². The lowest BCUT2D eigenvalue weighted by molar-refractivity contribution is 0.342. The van der Waals surface area contributed by atoms with E-state index in [-0.39, 0.29) is 4.90 Å². The molecule has 0 aliphatic carbocycles. The molecule has 5 N–H and O–H groups in total. The SMILES string of the molecule is CCOc1ccccc1Nc1cc(N)cc(S(N)(=O)=O)c1. The zero-order valence-electron chi connectivity index (χ0n) is 11.5. The summed E-state index contributed by atoms with van der Waals surface area (Å²) in [5.41, 5.74) is 7.25. The second-order valence-corrected chi connectivity index (χ2v) is 5.95. The van der Waals surface area contributed by atoms with E-state index in [1.54, 1.807) is 6.07 Å². The molecule has 112 valence electrons. The molecule has 0 amide bonds. The average molecular weight is 307 g/mol. The fourth-order valence-electron chi connectivity index (χ4n) is 1.87. The number of nitrogens with one attached hydrogen (secondary N) is 1. The molecular formula is C14H17N3O3S. The third-order valence-corrected chi connectivity index (χ3v) is 3.62. The van der Waals surface area contributed by atoms with Crippen LogP contribution in [-0.2, 0) is 10.0 Å². The highest BCUT2D eigenvalue weighted by atomic mass is 32.2. The van der Waals surface area contributed by atoms with Crippen LogP contribution >= 0.6 is 0 Å². The molecule has 2 aromatic carbocycles. The second kappa shape index (κ2) is 6.02. The van der Waals surface area contributed by atoms with Gasteiger partial charge in [-0.05, 0) is 37.3 Å². The first-order valence-electron chi connectivity index (χ1n) is 6.32. The molecule has 0 fully saturated rings. The van der Waals surface area contributed by atoms with Crippen LogP contribution in [0.15, 0.2) is 47.4 Å². The summed E-state index contributed by atoms with van der Waals surface area (Å²) in [7, 11) is -3.81. The number of nitrogen functional groups attached to an aromatic ring is 1. The van der Waals surface area contributed by atoms with Gasteiger partial charge < -0.3 is 15.8 Å². The monoisotopic (exact) mass is 307 g/mol. The van der Waals surface area contributed by atoms with Gasteiger partial charge in [0.15, 0.2) is 0 Å². The fourth-order valence-corrected chi connectivity index (χ4v) is 2.46. The molecule has 0 saturated heterocycles. The van der Waals surface area contributed by atoms with Gasteiger partial charge in [-0.25, -0.2) is 13.6 Å². The van der Waals surface area contributed by atoms with Crippen molar-refractivity contribution in [2.75, 3.05) is 17.7 Å². The van der Waals surface area contributed by atoms with Crippen molar-refractivity contribution in [1.29, 1.82) is 0 Å². The highest BCUT2D eigenvalue weighted by Crippen LogP contribution is 2.29. The first-order valence-corrected chi connectivity index (χ1v) is 7.87. The van der Waals surface area contributed by atoms with E-state index in [1.165, 1.54) is 12.1 Å². The van der Waals surface area contributed by atoms with E-state index < -0.39 is 10.0 Å². The Bertz CT molecular complexity index is 745. The standard InChI is InChI=1S/C14H17N3O3S/c1-2-20-14-6-4-3-5-13(14)17-11-7-10(15)8-12(9-11)21(16,18)19/h3-9,17H,2,15H2,1H3,(H2,16,18,19). The molecule has 2 aromatic rings. The molecule has 0 radical (unpaired) electrons. The maximum Gasteiger partial charge on any atom is 0.238 e. The highest BCUT2D eigenvalue weighted by Gasteiger charge is 2.11. The van der Waals surface area contributed by atoms with E-state index in [2.05, 4.69) is 5.32 Å². The number of rotatable bonds is 5. The maximum absolute atomic E-state index is 11.4. The zero-order chi connectivity index (χ0) is 15.5. The van der Waals surface area contributed by atoms with Gasteiger partial charge in [0.2, 0.25) is 10.0 Å². The Morgan fingerprint density at radius 1 is 1.19 bits per heavy atom. The lowest BCUT2D eigenvalue weighted by Gasteiger charge is -2.13. The summed E-state index contributed by atoms with van der Waals surface area (Å²) in [5, 5.41) is 8.22. The van der Waals surface area contributed by atoms with Crippen molar-refractivity contribution >= 4 is 27.1 Å². The van der Waals surface area contributed by atoms with Gasteiger partial charge in [0.1, 0.15) is 5.75 Å². The van der Waals surface area contributed by atoms with Crippen LogP contribution in [0.25, 0.3) is 0 Å². The minimum atomic E-state index is -3.81. The summed E-state index contributed by atoms with van der Waals surface area (Å²) < 4.78 is 28.4. The van der Waals surface area contributed by atoms with E-state index in [4.69, 9.17) is 15.6 Å². The third kappa shape index (κ3) is 3.87. The molecule has 0 heterocycles. The van der Waals surface area contributed by atoms with Gasteiger partial charge in [-0.3, -0.25) is 0 Å². The lowest BCUT2D eigenvalue weighted by atomic mass is 10.2. The molecular weight excluding hydrogens is 290 g/mol. The van der Waals surface area contributed by atoms with Crippen LogP contribution in [0.3, 0.4) is 0 Å². The first-order chi connectivity index (χ1) is 9.90. The summed E-state index contributed by atoms with van der Waals surface area (Å²) in [6, 6.07) is 11.7. The molecule has 0 spiro atoms. The predicted molar refractivity (Wildman–Crippen MR) is 83.1 cm³/mol. The zero-order valence-corrected chi connectivity index (χ0v) is 12.4. The first kappa shape index (κ1) is 15.1. The molecule has 6 nitrogen and oxygen atoms in total. The molecule has 21 heavy (non-hydrogen) atoms. The van der Waals surface area contributed by atoms with E-state index in [1.807, 2.05) is 31.2 Å². The Morgan fingerprint density at radius 2 is 1.90 bits per heavy atom. The van der Waals surface area contributed by atoms with Gasteiger partial charge in [0.25, 0.3) is 0 Å². The van der Waals surface area contributed by atoms with Crippen molar-refractivity contribution < 1.29 is 13.2 Å². The smallest absolute Gasteiger partial charge is 0.238 e. The second-order valence-electron chi connectivity index (χ2n) is 4.39. The Morgan fingerprint density at radius 3 is 2.57 bits per heavy atom. The normalized spacial score (nSPS) is 11.1. The quantitative estimate of drug-likeness (QED) is 0.733. The number of hydrogen-bond donors (Lipinski definition) is 3. The van der Waals surface area contributed by atoms with E-state index in [0.717, 1.165) is 0 Å². The number of sulfonamides is 1. The minimum Gasteiger partial charge on any atom is -0.492 e. The topological polar surface area (TPSA) is 107 Å². The number of para-hydroxylation sites is 2. The van der Waals surface area contributed by atoms with E-state index in [9.17, 15) is 8.42 Å². The summed E-state index contributed by atoms with van der Waals surface area (Å²) in [4.78, 5) is -0.0427. The van der Waals surface area contributed by atoms with Crippen molar-refractivity contribution in [3.8, 4) is 5.75 Å². The molecule has 0 atom stereocenters. The molecule has 0 unspecified atom stereocenters. The third-order valence-electron chi connectivity index (χ3n) is 2.72. The average Bonchev–Trinajstić information content (AvgIpc) is 2.40. The van der Waals surface area contributed by atoms with Crippen molar-refractivity contribution in [3.63, 3.8) is 0 Å². The summed E-state index contributed by atoms with van der Waals surface area (Å²) in [6.07, 6.45) is 0. The van der Waals surface area contributed by atoms with Gasteiger partial charge in [-0.2, -0.15) is 0 Å². The van der Waals surface area contributed by atoms with Crippen molar-refractivity contribution in [2.24, 2.45) is 5.14 Å². The number of benzene rings is 2. The molecule has 7 heteroatoms. The maximum atomic E-state index is 11.4. The van der Waals surface area contributed by atoms with Gasteiger partial charge in [-0.15, -0.1) is 0 Å². The molecule has 0 saturated carbocycles. The minimum absolute atomic E-state index is 0.0427. The summed E-state index contributed by atoms with van der Waals surface area (Å²) in [6.45, 7) is 2.41. The van der Waals surface area contributed by atoms with Gasteiger partial charge in [0, 0.05) is 11.4 Å². The largest absolute Gasteiger partial charge is 0.492 e. The lowest BCUT2D eigenvalue weighted by Crippen LogP contribution is -2.12. The van der Waals surface area contributed by atoms with Gasteiger partial charge in [0.05, 0.1) is 17.2 Å². The molecule has 0 aliphatic heterocycles. The fraction of sp³-hybridized carbons (Fsp3) is 0.143. The van der Waals surface area contributed by atoms with Crippen LogP contribution in [0.1, 0.15) is 6.92 Å². The van der Waals surface area contributed by atoms with Gasteiger partial charge >= 0.3 is 0 Å². The van der Waals surface area contributed by atoms with Crippen LogP contribution in [0.2, 0.25) is 0 Å². The highest BCUT2D eigenvalue weighted by molar-refractivity contribution is 7.89. The number of primary sulfonamides is 1. The molecule has 0 aliphatic rings. The number of nitrogens with two attached hydrogens (primary N) is 2. The van der Waals surface area contributed by atoms with Crippen LogP contribution in [0.4, 0.5) is 17.1 Å². The van der Waals surface area contributed by atoms with Crippen LogP contribution in [0.5, 0.6) is 5.75 Å². The molecule has 0 aromatic heterocycles. The predicted octanol–water partition coefficient (Wildman–Crippen LogP) is 2.06. The Labute approximate surface area is 123 Å². The number of hydrogen-bond acceptors (Lipinski definition) is 5. The van der Waals surface area contributed by atoms with Crippen molar-refractivity contribution in [3.05, 3.63) is 42.5 Å². The Kier molecular flexibility index (Phi) is 4.35. The van der Waals surface area contributed by atoms with Crippen LogP contribution < -0.4 is 20.9 Å². The van der Waals surface area contributed by atoms with Crippen molar-refractivity contribution in [2.45, 2.75) is 11.8 Å². The van der Waals surface area contributed by atoms with Crippen molar-refractivity contribution in [1.82, 2.24) is 0 Å². The van der Waals surface area contributed by atoms with E-state index in [0.29, 0.717) is 29.4 Å². The molecule has 2 rings (SSSR count).